The number of carbonyl (C=O) groups is 2. The Kier molecular flexibility index (Phi) is 3.45. The standard InChI is InChI=1S/C19H22N4O3/c24-17(15-5-4-14(26-15)11-22-8-7-20-12-22)23-10-13-9-21-18(25)19(13)6-2-1-3-16(19)23/h4-5,7-8,12-13,16H,1-3,6,9-11H2,(H,21,25). The molecule has 1 aliphatic carbocycles. The van der Waals surface area contributed by atoms with E-state index in [2.05, 4.69) is 10.3 Å². The third-order valence-corrected chi connectivity index (χ3v) is 6.40. The first kappa shape index (κ1) is 15.7. The fourth-order valence-electron chi connectivity index (χ4n) is 5.20. The highest BCUT2D eigenvalue weighted by Gasteiger charge is 2.63. The molecule has 0 bridgehead atoms. The average molecular weight is 354 g/mol. The summed E-state index contributed by atoms with van der Waals surface area (Å²) in [5, 5.41) is 3.03. The number of rotatable bonds is 3. The van der Waals surface area contributed by atoms with Gasteiger partial charge in [0.15, 0.2) is 5.76 Å². The molecule has 1 spiro atoms. The SMILES string of the molecule is O=C(c1ccc(Cn2ccnc2)o1)N1CC2CNC(=O)C23CCCCC13. The van der Waals surface area contributed by atoms with E-state index in [0.29, 0.717) is 25.4 Å². The van der Waals surface area contributed by atoms with E-state index in [4.69, 9.17) is 4.42 Å². The lowest BCUT2D eigenvalue weighted by molar-refractivity contribution is -0.131. The molecule has 2 aromatic heterocycles. The summed E-state index contributed by atoms with van der Waals surface area (Å²) in [6.07, 6.45) is 9.22. The monoisotopic (exact) mass is 354 g/mol. The topological polar surface area (TPSA) is 80.4 Å². The quantitative estimate of drug-likeness (QED) is 0.909. The molecule has 2 saturated heterocycles. The van der Waals surface area contributed by atoms with Gasteiger partial charge in [0.1, 0.15) is 5.76 Å². The van der Waals surface area contributed by atoms with Crippen molar-refractivity contribution in [3.63, 3.8) is 0 Å². The van der Waals surface area contributed by atoms with Crippen LogP contribution in [0.1, 0.15) is 42.0 Å². The number of aromatic nitrogens is 2. The molecular weight excluding hydrogens is 332 g/mol. The van der Waals surface area contributed by atoms with Crippen molar-refractivity contribution in [3.8, 4) is 0 Å². The first-order valence-electron chi connectivity index (χ1n) is 9.32. The molecule has 2 aromatic rings. The second kappa shape index (κ2) is 5.72. The minimum Gasteiger partial charge on any atom is -0.454 e. The lowest BCUT2D eigenvalue weighted by Crippen LogP contribution is -2.49. The molecule has 2 aliphatic heterocycles. The zero-order valence-electron chi connectivity index (χ0n) is 14.6. The van der Waals surface area contributed by atoms with Gasteiger partial charge in [-0.3, -0.25) is 9.59 Å². The number of nitrogens with zero attached hydrogens (tertiary/aromatic N) is 3. The van der Waals surface area contributed by atoms with Crippen molar-refractivity contribution >= 4 is 11.8 Å². The van der Waals surface area contributed by atoms with Crippen molar-refractivity contribution in [1.82, 2.24) is 19.8 Å². The van der Waals surface area contributed by atoms with Gasteiger partial charge < -0.3 is 19.2 Å². The maximum atomic E-state index is 13.1. The summed E-state index contributed by atoms with van der Waals surface area (Å²) >= 11 is 0. The van der Waals surface area contributed by atoms with Crippen LogP contribution in [-0.2, 0) is 11.3 Å². The molecule has 2 amide bonds. The molecule has 26 heavy (non-hydrogen) atoms. The zero-order valence-corrected chi connectivity index (χ0v) is 14.6. The molecule has 3 unspecified atom stereocenters. The van der Waals surface area contributed by atoms with Gasteiger partial charge in [-0.25, -0.2) is 4.98 Å². The summed E-state index contributed by atoms with van der Waals surface area (Å²) in [6.45, 7) is 1.87. The van der Waals surface area contributed by atoms with Crippen LogP contribution in [0.5, 0.6) is 0 Å². The van der Waals surface area contributed by atoms with Crippen molar-refractivity contribution < 1.29 is 14.0 Å². The molecule has 0 radical (unpaired) electrons. The fraction of sp³-hybridized carbons (Fsp3) is 0.526. The molecule has 3 fully saturated rings. The van der Waals surface area contributed by atoms with Crippen LogP contribution in [0.25, 0.3) is 0 Å². The molecule has 4 heterocycles. The molecule has 0 aromatic carbocycles. The van der Waals surface area contributed by atoms with Gasteiger partial charge in [-0.05, 0) is 25.0 Å². The highest BCUT2D eigenvalue weighted by atomic mass is 16.4. The molecule has 7 nitrogen and oxygen atoms in total. The van der Waals surface area contributed by atoms with E-state index in [0.717, 1.165) is 31.4 Å². The van der Waals surface area contributed by atoms with E-state index in [1.807, 2.05) is 21.7 Å². The summed E-state index contributed by atoms with van der Waals surface area (Å²) in [5.74, 6) is 1.37. The Balaban J connectivity index is 1.39. The van der Waals surface area contributed by atoms with Crippen LogP contribution in [0.2, 0.25) is 0 Å². The van der Waals surface area contributed by atoms with E-state index in [1.54, 1.807) is 18.6 Å². The van der Waals surface area contributed by atoms with Gasteiger partial charge in [-0.2, -0.15) is 0 Å². The van der Waals surface area contributed by atoms with Gasteiger partial charge in [-0.1, -0.05) is 12.8 Å². The summed E-state index contributed by atoms with van der Waals surface area (Å²) in [6, 6.07) is 3.59. The molecule has 1 N–H and O–H groups in total. The molecule has 3 aliphatic rings. The minimum atomic E-state index is -0.375. The first-order valence-corrected chi connectivity index (χ1v) is 9.32. The van der Waals surface area contributed by atoms with Gasteiger partial charge in [0.25, 0.3) is 5.91 Å². The predicted molar refractivity (Wildman–Crippen MR) is 92.3 cm³/mol. The van der Waals surface area contributed by atoms with Crippen molar-refractivity contribution in [2.24, 2.45) is 11.3 Å². The molecule has 136 valence electrons. The Morgan fingerprint density at radius 3 is 3.15 bits per heavy atom. The van der Waals surface area contributed by atoms with Crippen LogP contribution in [-0.4, -0.2) is 45.4 Å². The fourth-order valence-corrected chi connectivity index (χ4v) is 5.20. The number of nitrogens with one attached hydrogen (secondary N) is 1. The highest BCUT2D eigenvalue weighted by Crippen LogP contribution is 2.53. The largest absolute Gasteiger partial charge is 0.454 e. The third kappa shape index (κ3) is 2.15. The summed E-state index contributed by atoms with van der Waals surface area (Å²) in [5.41, 5.74) is -0.375. The lowest BCUT2D eigenvalue weighted by atomic mass is 9.67. The maximum absolute atomic E-state index is 13.1. The highest BCUT2D eigenvalue weighted by molar-refractivity contribution is 5.94. The number of imidazole rings is 1. The van der Waals surface area contributed by atoms with E-state index in [1.165, 1.54) is 0 Å². The lowest BCUT2D eigenvalue weighted by Gasteiger charge is -2.39. The van der Waals surface area contributed by atoms with E-state index in [9.17, 15) is 9.59 Å². The minimum absolute atomic E-state index is 0.00144. The number of carbonyl (C=O) groups excluding carboxylic acids is 2. The summed E-state index contributed by atoms with van der Waals surface area (Å²) in [4.78, 5) is 31.7. The number of furan rings is 1. The van der Waals surface area contributed by atoms with Gasteiger partial charge in [0.2, 0.25) is 5.91 Å². The number of amides is 2. The number of hydrogen-bond acceptors (Lipinski definition) is 4. The molecule has 3 atom stereocenters. The Morgan fingerprint density at radius 1 is 1.38 bits per heavy atom. The Labute approximate surface area is 151 Å². The Bertz CT molecular complexity index is 843. The smallest absolute Gasteiger partial charge is 0.289 e. The molecule has 7 heteroatoms. The normalized spacial score (nSPS) is 30.2. The van der Waals surface area contributed by atoms with Gasteiger partial charge in [-0.15, -0.1) is 0 Å². The van der Waals surface area contributed by atoms with Crippen molar-refractivity contribution in [3.05, 3.63) is 42.4 Å². The molecule has 5 rings (SSSR count). The van der Waals surface area contributed by atoms with Crippen LogP contribution in [0, 0.1) is 11.3 Å². The second-order valence-electron chi connectivity index (χ2n) is 7.67. The summed E-state index contributed by atoms with van der Waals surface area (Å²) < 4.78 is 7.71. The van der Waals surface area contributed by atoms with Crippen LogP contribution < -0.4 is 5.32 Å². The van der Waals surface area contributed by atoms with E-state index in [-0.39, 0.29) is 29.2 Å². The van der Waals surface area contributed by atoms with E-state index >= 15 is 0 Å². The second-order valence-corrected chi connectivity index (χ2v) is 7.67. The summed E-state index contributed by atoms with van der Waals surface area (Å²) in [7, 11) is 0. The Hall–Kier alpha value is -2.57. The van der Waals surface area contributed by atoms with Crippen LogP contribution in [0.15, 0.2) is 35.3 Å². The zero-order chi connectivity index (χ0) is 17.7. The third-order valence-electron chi connectivity index (χ3n) is 6.40. The van der Waals surface area contributed by atoms with Crippen molar-refractivity contribution in [2.75, 3.05) is 13.1 Å². The maximum Gasteiger partial charge on any atom is 0.289 e. The number of likely N-dealkylation sites (tertiary alicyclic amines) is 1. The van der Waals surface area contributed by atoms with Crippen molar-refractivity contribution in [1.29, 1.82) is 0 Å². The average Bonchev–Trinajstić information content (AvgIpc) is 3.41. The first-order chi connectivity index (χ1) is 12.7. The van der Waals surface area contributed by atoms with Crippen molar-refractivity contribution in [2.45, 2.75) is 38.3 Å². The van der Waals surface area contributed by atoms with E-state index < -0.39 is 0 Å². The predicted octanol–water partition coefficient (Wildman–Crippen LogP) is 1.66. The Morgan fingerprint density at radius 2 is 2.31 bits per heavy atom. The van der Waals surface area contributed by atoms with Crippen LogP contribution in [0.4, 0.5) is 0 Å². The van der Waals surface area contributed by atoms with Crippen LogP contribution in [0.3, 0.4) is 0 Å². The van der Waals surface area contributed by atoms with Gasteiger partial charge in [0, 0.05) is 37.4 Å². The molecular formula is C19H22N4O3. The van der Waals surface area contributed by atoms with Gasteiger partial charge >= 0.3 is 0 Å². The number of hydrogen-bond donors (Lipinski definition) is 1. The molecule has 1 saturated carbocycles. The van der Waals surface area contributed by atoms with Crippen LogP contribution >= 0.6 is 0 Å². The van der Waals surface area contributed by atoms with Gasteiger partial charge in [0.05, 0.1) is 18.3 Å².